The largest absolute Gasteiger partial charge is 0.0622 e. The molecule has 0 spiro atoms. The summed E-state index contributed by atoms with van der Waals surface area (Å²) in [5.41, 5.74) is 17.7. The first-order valence-corrected chi connectivity index (χ1v) is 21.4. The molecule has 0 heterocycles. The van der Waals surface area contributed by atoms with Crippen molar-refractivity contribution >= 4 is 43.1 Å². The van der Waals surface area contributed by atoms with E-state index in [1.54, 1.807) is 0 Å². The van der Waals surface area contributed by atoms with Crippen LogP contribution in [-0.2, 0) is 5.41 Å². The molecule has 61 heavy (non-hydrogen) atoms. The monoisotopic (exact) mass is 774 g/mol. The quantitative estimate of drug-likeness (QED) is 0.121. The van der Waals surface area contributed by atoms with Crippen molar-refractivity contribution in [2.24, 2.45) is 0 Å². The molecule has 0 aromatic heterocycles. The molecule has 0 saturated carbocycles. The molecule has 12 rings (SSSR count). The predicted molar refractivity (Wildman–Crippen MR) is 261 cm³/mol. The van der Waals surface area contributed by atoms with Gasteiger partial charge < -0.3 is 0 Å². The highest BCUT2D eigenvalue weighted by molar-refractivity contribution is 6.28. The zero-order chi connectivity index (χ0) is 40.7. The number of hydrogen-bond acceptors (Lipinski definition) is 0. The molecule has 0 aliphatic heterocycles. The molecule has 1 aliphatic rings. The summed E-state index contributed by atoms with van der Waals surface area (Å²) in [5.74, 6) is 0. The van der Waals surface area contributed by atoms with Crippen LogP contribution in [0.15, 0.2) is 218 Å². The third-order valence-corrected chi connectivity index (χ3v) is 13.4. The van der Waals surface area contributed by atoms with Crippen LogP contribution in [0.5, 0.6) is 0 Å². The van der Waals surface area contributed by atoms with Gasteiger partial charge >= 0.3 is 0 Å². The van der Waals surface area contributed by atoms with Gasteiger partial charge in [-0.15, -0.1) is 0 Å². The lowest BCUT2D eigenvalue weighted by molar-refractivity contribution is 0.661. The zero-order valence-corrected chi connectivity index (χ0v) is 34.3. The van der Waals surface area contributed by atoms with E-state index in [2.05, 4.69) is 232 Å². The van der Waals surface area contributed by atoms with Gasteiger partial charge in [-0.3, -0.25) is 0 Å². The molecule has 0 fully saturated rings. The van der Waals surface area contributed by atoms with Gasteiger partial charge in [-0.25, -0.2) is 0 Å². The molecule has 0 nitrogen and oxygen atoms in total. The summed E-state index contributed by atoms with van der Waals surface area (Å²) in [6.45, 7) is 4.73. The summed E-state index contributed by atoms with van der Waals surface area (Å²) >= 11 is 0. The molecule has 11 aromatic rings. The van der Waals surface area contributed by atoms with E-state index in [4.69, 9.17) is 0 Å². The van der Waals surface area contributed by atoms with Gasteiger partial charge in [0, 0.05) is 5.41 Å². The van der Waals surface area contributed by atoms with Crippen molar-refractivity contribution in [1.82, 2.24) is 0 Å². The highest BCUT2D eigenvalue weighted by Gasteiger charge is 2.35. The van der Waals surface area contributed by atoms with E-state index in [1.807, 2.05) is 0 Å². The lowest BCUT2D eigenvalue weighted by Gasteiger charge is -2.22. The maximum Gasteiger partial charge on any atom is 0.0159 e. The number of benzene rings is 11. The summed E-state index contributed by atoms with van der Waals surface area (Å²) < 4.78 is 0. The van der Waals surface area contributed by atoms with Gasteiger partial charge in [-0.05, 0) is 157 Å². The van der Waals surface area contributed by atoms with Crippen LogP contribution in [0.3, 0.4) is 0 Å². The van der Waals surface area contributed by atoms with Gasteiger partial charge in [0.25, 0.3) is 0 Å². The van der Waals surface area contributed by atoms with Crippen LogP contribution in [0.2, 0.25) is 0 Å². The summed E-state index contributed by atoms with van der Waals surface area (Å²) in [7, 11) is 0. The molecule has 0 heteroatoms. The maximum atomic E-state index is 2.45. The van der Waals surface area contributed by atoms with Gasteiger partial charge in [0.2, 0.25) is 0 Å². The van der Waals surface area contributed by atoms with Crippen molar-refractivity contribution in [3.05, 3.63) is 230 Å². The van der Waals surface area contributed by atoms with Crippen molar-refractivity contribution in [1.29, 1.82) is 0 Å². The SMILES string of the molecule is CC1(C)c2ccccc2-c2cc3ccc(-c4cc(-c5ccccc5)cc(-c5c6ccccc6c(-c6ccccc6-c6ccccc6)c6c5ccc5ccccc56)c4)cc3cc21. The number of rotatable bonds is 5. The molecule has 286 valence electrons. The summed E-state index contributed by atoms with van der Waals surface area (Å²) in [4.78, 5) is 0. The second-order valence-corrected chi connectivity index (χ2v) is 17.2. The summed E-state index contributed by atoms with van der Waals surface area (Å²) in [6.07, 6.45) is 0. The molecule has 0 atom stereocenters. The first-order chi connectivity index (χ1) is 30.0. The van der Waals surface area contributed by atoms with Gasteiger partial charge in [-0.1, -0.05) is 196 Å². The van der Waals surface area contributed by atoms with Crippen molar-refractivity contribution in [3.8, 4) is 66.8 Å². The second kappa shape index (κ2) is 13.8. The average Bonchev–Trinajstić information content (AvgIpc) is 3.54. The Morgan fingerprint density at radius 1 is 0.262 bits per heavy atom. The molecule has 1 aliphatic carbocycles. The van der Waals surface area contributed by atoms with Crippen LogP contribution in [0, 0.1) is 0 Å². The van der Waals surface area contributed by atoms with Crippen LogP contribution in [0.4, 0.5) is 0 Å². The molecule has 0 bridgehead atoms. The Balaban J connectivity index is 1.14. The molecule has 11 aromatic carbocycles. The van der Waals surface area contributed by atoms with Crippen LogP contribution in [-0.4, -0.2) is 0 Å². The van der Waals surface area contributed by atoms with Gasteiger partial charge in [0.15, 0.2) is 0 Å². The third kappa shape index (κ3) is 5.60. The van der Waals surface area contributed by atoms with E-state index >= 15 is 0 Å². The Kier molecular flexibility index (Phi) is 7.99. The van der Waals surface area contributed by atoms with Crippen LogP contribution in [0.25, 0.3) is 110 Å². The topological polar surface area (TPSA) is 0 Å². The Bertz CT molecular complexity index is 3530. The van der Waals surface area contributed by atoms with Crippen molar-refractivity contribution in [2.75, 3.05) is 0 Å². The molecule has 0 saturated heterocycles. The van der Waals surface area contributed by atoms with Crippen LogP contribution < -0.4 is 0 Å². The Hall–Kier alpha value is -7.54. The first-order valence-electron chi connectivity index (χ1n) is 21.4. The third-order valence-electron chi connectivity index (χ3n) is 13.4. The number of hydrogen-bond donors (Lipinski definition) is 0. The molecular formula is C61H42. The molecule has 0 unspecified atom stereocenters. The van der Waals surface area contributed by atoms with Crippen LogP contribution in [0.1, 0.15) is 25.0 Å². The summed E-state index contributed by atoms with van der Waals surface area (Å²) in [5, 5.41) is 10.1. The van der Waals surface area contributed by atoms with Crippen molar-refractivity contribution < 1.29 is 0 Å². The highest BCUT2D eigenvalue weighted by Crippen LogP contribution is 2.51. The van der Waals surface area contributed by atoms with Crippen LogP contribution >= 0.6 is 0 Å². The molecular weight excluding hydrogens is 733 g/mol. The fourth-order valence-corrected chi connectivity index (χ4v) is 10.5. The van der Waals surface area contributed by atoms with E-state index in [0.29, 0.717) is 0 Å². The first kappa shape index (κ1) is 35.4. The Labute approximate surface area is 357 Å². The van der Waals surface area contributed by atoms with E-state index in [-0.39, 0.29) is 5.41 Å². The normalized spacial score (nSPS) is 12.9. The van der Waals surface area contributed by atoms with Gasteiger partial charge in [-0.2, -0.15) is 0 Å². The standard InChI is InChI=1S/C61H42/c1-61(2)56-28-16-15-24-50(56)55-37-43-30-29-42(33-46(43)38-57(55)61)45-34-44(39-17-5-3-6-18-39)35-47(36-45)58-52-26-13-14-27-53(52)60(59-49-23-10-9-21-41(49)31-32-54(58)59)51-25-12-11-22-48(51)40-19-7-4-8-20-40/h3-38H,1-2H3. The second-order valence-electron chi connectivity index (χ2n) is 17.2. The van der Waals surface area contributed by atoms with Gasteiger partial charge in [0.1, 0.15) is 0 Å². The van der Waals surface area contributed by atoms with E-state index in [1.165, 1.54) is 121 Å². The molecule has 0 radical (unpaired) electrons. The Morgan fingerprint density at radius 3 is 1.61 bits per heavy atom. The predicted octanol–water partition coefficient (Wildman–Crippen LogP) is 16.9. The lowest BCUT2D eigenvalue weighted by Crippen LogP contribution is -2.14. The van der Waals surface area contributed by atoms with E-state index in [0.717, 1.165) is 0 Å². The fraction of sp³-hybridized carbons (Fsp3) is 0.0492. The summed E-state index contributed by atoms with van der Waals surface area (Å²) in [6, 6.07) is 81.4. The zero-order valence-electron chi connectivity index (χ0n) is 34.3. The van der Waals surface area contributed by atoms with E-state index in [9.17, 15) is 0 Å². The van der Waals surface area contributed by atoms with Crippen molar-refractivity contribution in [2.45, 2.75) is 19.3 Å². The smallest absolute Gasteiger partial charge is 0.0159 e. The van der Waals surface area contributed by atoms with Gasteiger partial charge in [0.05, 0.1) is 0 Å². The molecule has 0 amide bonds. The Morgan fingerprint density at radius 2 is 0.836 bits per heavy atom. The lowest BCUT2D eigenvalue weighted by atomic mass is 9.81. The maximum absolute atomic E-state index is 2.45. The fourth-order valence-electron chi connectivity index (χ4n) is 10.5. The number of fused-ring (bicyclic) bond motifs is 8. The molecule has 0 N–H and O–H groups in total. The minimum Gasteiger partial charge on any atom is -0.0622 e. The minimum atomic E-state index is -0.0590. The minimum absolute atomic E-state index is 0.0590. The highest BCUT2D eigenvalue weighted by atomic mass is 14.4. The van der Waals surface area contributed by atoms with E-state index < -0.39 is 0 Å². The van der Waals surface area contributed by atoms with Crippen molar-refractivity contribution in [3.63, 3.8) is 0 Å². The average molecular weight is 775 g/mol.